The Bertz CT molecular complexity index is 585. The molecule has 2 rings (SSSR count). The van der Waals surface area contributed by atoms with Crippen molar-refractivity contribution in [3.05, 3.63) is 35.5 Å². The van der Waals surface area contributed by atoms with Gasteiger partial charge in [-0.1, -0.05) is 19.1 Å². The van der Waals surface area contributed by atoms with Crippen molar-refractivity contribution in [1.82, 2.24) is 9.97 Å². The first-order chi connectivity index (χ1) is 9.51. The van der Waals surface area contributed by atoms with Crippen LogP contribution in [0.2, 0.25) is 0 Å². The molecule has 0 saturated carbocycles. The highest BCUT2D eigenvalue weighted by Gasteiger charge is 2.10. The average Bonchev–Trinajstić information content (AvgIpc) is 2.38. The van der Waals surface area contributed by atoms with Crippen LogP contribution in [0.15, 0.2) is 24.3 Å². The minimum Gasteiger partial charge on any atom is -0.491 e. The summed E-state index contributed by atoms with van der Waals surface area (Å²) in [5, 5.41) is 0. The fourth-order valence-corrected chi connectivity index (χ4v) is 2.16. The summed E-state index contributed by atoms with van der Waals surface area (Å²) in [6.45, 7) is 8.02. The highest BCUT2D eigenvalue weighted by molar-refractivity contribution is 5.60. The molecule has 0 aliphatic rings. The number of aryl methyl sites for hydroxylation is 1. The minimum absolute atomic E-state index is 0.139. The van der Waals surface area contributed by atoms with Gasteiger partial charge < -0.3 is 10.5 Å². The highest BCUT2D eigenvalue weighted by Crippen LogP contribution is 2.24. The van der Waals surface area contributed by atoms with E-state index in [-0.39, 0.29) is 6.10 Å². The van der Waals surface area contributed by atoms with Gasteiger partial charge in [0.1, 0.15) is 11.6 Å². The Morgan fingerprint density at radius 1 is 1.25 bits per heavy atom. The van der Waals surface area contributed by atoms with Gasteiger partial charge in [-0.2, -0.15) is 0 Å². The number of nitrogens with zero attached hydrogens (tertiary/aromatic N) is 2. The van der Waals surface area contributed by atoms with E-state index in [0.29, 0.717) is 11.6 Å². The molecule has 2 N–H and O–H groups in total. The second-order valence-electron chi connectivity index (χ2n) is 5.04. The summed E-state index contributed by atoms with van der Waals surface area (Å²) in [6, 6.07) is 7.78. The van der Waals surface area contributed by atoms with Gasteiger partial charge in [-0.05, 0) is 39.3 Å². The van der Waals surface area contributed by atoms with E-state index >= 15 is 0 Å². The zero-order valence-corrected chi connectivity index (χ0v) is 12.5. The Balaban J connectivity index is 2.41. The van der Waals surface area contributed by atoms with Gasteiger partial charge >= 0.3 is 0 Å². The van der Waals surface area contributed by atoms with Gasteiger partial charge in [-0.3, -0.25) is 0 Å². The molecule has 0 radical (unpaired) electrons. The molecule has 0 unspecified atom stereocenters. The number of rotatable bonds is 4. The first-order valence-electron chi connectivity index (χ1n) is 6.91. The topological polar surface area (TPSA) is 61.0 Å². The van der Waals surface area contributed by atoms with Crippen molar-refractivity contribution >= 4 is 5.82 Å². The van der Waals surface area contributed by atoms with Crippen LogP contribution in [-0.2, 0) is 6.42 Å². The first-order valence-corrected chi connectivity index (χ1v) is 6.91. The molecule has 0 amide bonds. The maximum absolute atomic E-state index is 6.01. The lowest BCUT2D eigenvalue weighted by Crippen LogP contribution is -2.06. The molecule has 0 saturated heterocycles. The number of ether oxygens (including phenoxy) is 1. The number of nitrogens with two attached hydrogens (primary N) is 1. The molecule has 0 spiro atoms. The van der Waals surface area contributed by atoms with Crippen molar-refractivity contribution in [2.45, 2.75) is 40.2 Å². The van der Waals surface area contributed by atoms with E-state index in [9.17, 15) is 0 Å². The van der Waals surface area contributed by atoms with Crippen molar-refractivity contribution < 1.29 is 4.74 Å². The lowest BCUT2D eigenvalue weighted by atomic mass is 10.1. The van der Waals surface area contributed by atoms with Crippen molar-refractivity contribution in [3.8, 4) is 17.1 Å². The summed E-state index contributed by atoms with van der Waals surface area (Å²) >= 11 is 0. The highest BCUT2D eigenvalue weighted by atomic mass is 16.5. The van der Waals surface area contributed by atoms with E-state index in [1.54, 1.807) is 0 Å². The van der Waals surface area contributed by atoms with E-state index in [4.69, 9.17) is 10.5 Å². The minimum atomic E-state index is 0.139. The van der Waals surface area contributed by atoms with Crippen molar-refractivity contribution in [3.63, 3.8) is 0 Å². The summed E-state index contributed by atoms with van der Waals surface area (Å²) in [5.74, 6) is 2.02. The normalized spacial score (nSPS) is 10.8. The summed E-state index contributed by atoms with van der Waals surface area (Å²) in [5.41, 5.74) is 8.88. The second-order valence-corrected chi connectivity index (χ2v) is 5.04. The molecule has 4 heteroatoms. The molecule has 0 bridgehead atoms. The molecular weight excluding hydrogens is 250 g/mol. The molecule has 106 valence electrons. The third kappa shape index (κ3) is 3.07. The van der Waals surface area contributed by atoms with Crippen LogP contribution < -0.4 is 10.5 Å². The maximum Gasteiger partial charge on any atom is 0.161 e. The van der Waals surface area contributed by atoms with E-state index in [2.05, 4.69) is 16.9 Å². The van der Waals surface area contributed by atoms with E-state index in [0.717, 1.165) is 29.0 Å². The fourth-order valence-electron chi connectivity index (χ4n) is 2.16. The molecule has 20 heavy (non-hydrogen) atoms. The SMILES string of the molecule is CCc1c(C)nc(-c2cccc(OC(C)C)c2)nc1N. The van der Waals surface area contributed by atoms with E-state index in [1.807, 2.05) is 45.0 Å². The Morgan fingerprint density at radius 2 is 2.00 bits per heavy atom. The fraction of sp³-hybridized carbons (Fsp3) is 0.375. The summed E-state index contributed by atoms with van der Waals surface area (Å²) < 4.78 is 5.69. The number of hydrogen-bond acceptors (Lipinski definition) is 4. The number of nitrogen functional groups attached to an aromatic ring is 1. The zero-order chi connectivity index (χ0) is 14.7. The van der Waals surface area contributed by atoms with Gasteiger partial charge in [0.05, 0.1) is 6.10 Å². The summed E-state index contributed by atoms with van der Waals surface area (Å²) in [7, 11) is 0. The third-order valence-corrected chi connectivity index (χ3v) is 3.06. The average molecular weight is 271 g/mol. The lowest BCUT2D eigenvalue weighted by molar-refractivity contribution is 0.242. The maximum atomic E-state index is 6.01. The van der Waals surface area contributed by atoms with Crippen LogP contribution in [0.4, 0.5) is 5.82 Å². The number of aromatic nitrogens is 2. The van der Waals surface area contributed by atoms with E-state index < -0.39 is 0 Å². The first kappa shape index (κ1) is 14.3. The largest absolute Gasteiger partial charge is 0.491 e. The number of anilines is 1. The molecule has 0 atom stereocenters. The van der Waals surface area contributed by atoms with Crippen molar-refractivity contribution in [1.29, 1.82) is 0 Å². The van der Waals surface area contributed by atoms with Crippen LogP contribution in [0.5, 0.6) is 5.75 Å². The van der Waals surface area contributed by atoms with Gasteiger partial charge in [-0.25, -0.2) is 9.97 Å². The molecule has 1 aromatic heterocycles. The van der Waals surface area contributed by atoms with Crippen LogP contribution >= 0.6 is 0 Å². The smallest absolute Gasteiger partial charge is 0.161 e. The Hall–Kier alpha value is -2.10. The van der Waals surface area contributed by atoms with Crippen LogP contribution in [0, 0.1) is 6.92 Å². The third-order valence-electron chi connectivity index (χ3n) is 3.06. The molecule has 2 aromatic rings. The molecule has 0 aliphatic carbocycles. The molecule has 0 fully saturated rings. The second kappa shape index (κ2) is 5.90. The Labute approximate surface area is 120 Å². The monoisotopic (exact) mass is 271 g/mol. The van der Waals surface area contributed by atoms with Crippen LogP contribution in [0.3, 0.4) is 0 Å². The molecule has 4 nitrogen and oxygen atoms in total. The predicted octanol–water partition coefficient (Wildman–Crippen LogP) is 3.38. The van der Waals surface area contributed by atoms with Crippen LogP contribution in [0.25, 0.3) is 11.4 Å². The molecule has 1 heterocycles. The number of benzene rings is 1. The molecule has 1 aromatic carbocycles. The van der Waals surface area contributed by atoms with Crippen LogP contribution in [0.1, 0.15) is 32.0 Å². The van der Waals surface area contributed by atoms with Gasteiger partial charge in [0.2, 0.25) is 0 Å². The van der Waals surface area contributed by atoms with Crippen molar-refractivity contribution in [2.75, 3.05) is 5.73 Å². The molecular formula is C16H21N3O. The molecule has 0 aliphatic heterocycles. The standard InChI is InChI=1S/C16H21N3O/c1-5-14-11(4)18-16(19-15(14)17)12-7-6-8-13(9-12)20-10(2)3/h6-10H,5H2,1-4H3,(H2,17,18,19). The lowest BCUT2D eigenvalue weighted by Gasteiger charge is -2.12. The van der Waals surface area contributed by atoms with Gasteiger partial charge in [-0.15, -0.1) is 0 Å². The van der Waals surface area contributed by atoms with Gasteiger partial charge in [0.25, 0.3) is 0 Å². The zero-order valence-electron chi connectivity index (χ0n) is 12.5. The summed E-state index contributed by atoms with van der Waals surface area (Å²) in [6.07, 6.45) is 0.981. The Morgan fingerprint density at radius 3 is 2.60 bits per heavy atom. The van der Waals surface area contributed by atoms with Gasteiger partial charge in [0.15, 0.2) is 5.82 Å². The number of hydrogen-bond donors (Lipinski definition) is 1. The van der Waals surface area contributed by atoms with E-state index in [1.165, 1.54) is 0 Å². The van der Waals surface area contributed by atoms with Gasteiger partial charge in [0, 0.05) is 16.8 Å². The quantitative estimate of drug-likeness (QED) is 0.926. The summed E-state index contributed by atoms with van der Waals surface area (Å²) in [4.78, 5) is 8.96. The van der Waals surface area contributed by atoms with Crippen molar-refractivity contribution in [2.24, 2.45) is 0 Å². The Kier molecular flexibility index (Phi) is 4.23. The van der Waals surface area contributed by atoms with Crippen LogP contribution in [-0.4, -0.2) is 16.1 Å². The predicted molar refractivity (Wildman–Crippen MR) is 81.8 cm³/mol.